The van der Waals surface area contributed by atoms with Gasteiger partial charge >= 0.3 is 0 Å². The van der Waals surface area contributed by atoms with Crippen LogP contribution in [0.25, 0.3) is 0 Å². The molecule has 3 heteroatoms. The van der Waals surface area contributed by atoms with Crippen LogP contribution >= 0.6 is 11.8 Å². The van der Waals surface area contributed by atoms with Gasteiger partial charge in [0, 0.05) is 28.9 Å². The van der Waals surface area contributed by atoms with E-state index in [0.717, 1.165) is 36.3 Å². The molecule has 0 aromatic rings. The molecule has 9 atom stereocenters. The molecule has 4 saturated carbocycles. The molecule has 2 unspecified atom stereocenters. The van der Waals surface area contributed by atoms with Gasteiger partial charge in [0.2, 0.25) is 0 Å². The van der Waals surface area contributed by atoms with E-state index in [2.05, 4.69) is 41.5 Å². The lowest BCUT2D eigenvalue weighted by molar-refractivity contribution is -0.150. The molecule has 0 spiro atoms. The fraction of sp³-hybridized carbons (Fsp3) is 0.962. The Labute approximate surface area is 183 Å². The lowest BCUT2D eigenvalue weighted by Gasteiger charge is -2.61. The lowest BCUT2D eigenvalue weighted by Crippen LogP contribution is -2.56. The normalized spacial score (nSPS) is 48.6. The second kappa shape index (κ2) is 7.54. The van der Waals surface area contributed by atoms with E-state index < -0.39 is 0 Å². The molecular formula is C26H45NOS. The van der Waals surface area contributed by atoms with E-state index in [4.69, 9.17) is 5.73 Å². The van der Waals surface area contributed by atoms with Crippen LogP contribution in [0.15, 0.2) is 0 Å². The first-order valence-electron chi connectivity index (χ1n) is 12.4. The van der Waals surface area contributed by atoms with Crippen LogP contribution < -0.4 is 5.73 Å². The number of carbonyl (C=O) groups is 1. The maximum absolute atomic E-state index is 12.4. The van der Waals surface area contributed by atoms with E-state index in [1.54, 1.807) is 0 Å². The Bertz CT molecular complexity index is 641. The van der Waals surface area contributed by atoms with E-state index in [-0.39, 0.29) is 0 Å². The lowest BCUT2D eigenvalue weighted by atomic mass is 9.43. The third-order valence-corrected chi connectivity index (χ3v) is 11.7. The van der Waals surface area contributed by atoms with Crippen LogP contribution in [0.1, 0.15) is 92.9 Å². The van der Waals surface area contributed by atoms with Crippen molar-refractivity contribution >= 4 is 17.5 Å². The molecule has 0 heterocycles. The Morgan fingerprint density at radius 1 is 1.00 bits per heavy atom. The molecule has 0 aromatic heterocycles. The topological polar surface area (TPSA) is 43.1 Å². The van der Waals surface area contributed by atoms with E-state index in [1.807, 2.05) is 11.8 Å². The summed E-state index contributed by atoms with van der Waals surface area (Å²) in [5.41, 5.74) is 7.70. The third kappa shape index (κ3) is 3.65. The van der Waals surface area contributed by atoms with Gasteiger partial charge in [0.15, 0.2) is 0 Å². The fourth-order valence-electron chi connectivity index (χ4n) is 8.73. The van der Waals surface area contributed by atoms with Crippen molar-refractivity contribution in [2.75, 3.05) is 5.75 Å². The van der Waals surface area contributed by atoms with Crippen LogP contribution in [0, 0.1) is 46.3 Å². The molecule has 0 bridgehead atoms. The molecule has 0 radical (unpaired) electrons. The van der Waals surface area contributed by atoms with Crippen molar-refractivity contribution in [2.45, 2.75) is 104 Å². The SMILES string of the molecule is CC1C(=O)CC[C@@]2(C)[C@H]1CC[C@@H]1[C@@H]2CC[C@]2(C)[C@@H](C(N)CSC(C)(C)C)CC[C@@H]12. The van der Waals surface area contributed by atoms with Gasteiger partial charge in [0.25, 0.3) is 0 Å². The minimum atomic E-state index is 0.294. The van der Waals surface area contributed by atoms with E-state index >= 15 is 0 Å². The summed E-state index contributed by atoms with van der Waals surface area (Å²) in [6, 6.07) is 0.338. The summed E-state index contributed by atoms with van der Waals surface area (Å²) in [5, 5.41) is 0. The molecule has 0 saturated heterocycles. The predicted octanol–water partition coefficient (Wildman–Crippen LogP) is 6.32. The zero-order valence-electron chi connectivity index (χ0n) is 19.8. The van der Waals surface area contributed by atoms with Crippen LogP contribution in [-0.4, -0.2) is 22.3 Å². The minimum absolute atomic E-state index is 0.294. The molecule has 2 nitrogen and oxygen atoms in total. The molecule has 29 heavy (non-hydrogen) atoms. The molecule has 166 valence electrons. The molecule has 4 fully saturated rings. The Morgan fingerprint density at radius 3 is 2.34 bits per heavy atom. The Kier molecular flexibility index (Phi) is 5.77. The highest BCUT2D eigenvalue weighted by Gasteiger charge is 2.61. The van der Waals surface area contributed by atoms with Gasteiger partial charge in [-0.05, 0) is 85.4 Å². The molecule has 4 aliphatic rings. The summed E-state index contributed by atoms with van der Waals surface area (Å²) in [4.78, 5) is 12.4. The highest BCUT2D eigenvalue weighted by Crippen LogP contribution is 2.68. The fourth-order valence-corrected chi connectivity index (χ4v) is 9.65. The van der Waals surface area contributed by atoms with Gasteiger partial charge in [-0.25, -0.2) is 0 Å². The van der Waals surface area contributed by atoms with Gasteiger partial charge in [-0.2, -0.15) is 11.8 Å². The van der Waals surface area contributed by atoms with E-state index in [9.17, 15) is 4.79 Å². The van der Waals surface area contributed by atoms with Crippen molar-refractivity contribution in [1.29, 1.82) is 0 Å². The average molecular weight is 420 g/mol. The van der Waals surface area contributed by atoms with Gasteiger partial charge in [-0.1, -0.05) is 41.5 Å². The van der Waals surface area contributed by atoms with Crippen LogP contribution in [0.2, 0.25) is 0 Å². The first kappa shape index (κ1) is 22.2. The average Bonchev–Trinajstić information content (AvgIpc) is 3.00. The quantitative estimate of drug-likeness (QED) is 0.582. The van der Waals surface area contributed by atoms with Crippen molar-refractivity contribution in [2.24, 2.45) is 52.1 Å². The van der Waals surface area contributed by atoms with Crippen molar-refractivity contribution in [3.8, 4) is 0 Å². The minimum Gasteiger partial charge on any atom is -0.327 e. The molecular weight excluding hydrogens is 374 g/mol. The maximum atomic E-state index is 12.4. The number of fused-ring (bicyclic) bond motifs is 5. The summed E-state index contributed by atoms with van der Waals surface area (Å²) in [6.45, 7) is 14.3. The van der Waals surface area contributed by atoms with Gasteiger partial charge in [0.05, 0.1) is 0 Å². The number of carbonyl (C=O) groups excluding carboxylic acids is 1. The third-order valence-electron chi connectivity index (χ3n) is 10.3. The largest absolute Gasteiger partial charge is 0.327 e. The van der Waals surface area contributed by atoms with Gasteiger partial charge in [-0.3, -0.25) is 4.79 Å². The molecule has 2 N–H and O–H groups in total. The zero-order chi connectivity index (χ0) is 21.2. The summed E-state index contributed by atoms with van der Waals surface area (Å²) in [6.07, 6.45) is 10.1. The highest BCUT2D eigenvalue weighted by atomic mass is 32.2. The smallest absolute Gasteiger partial charge is 0.136 e. The standard InChI is InChI=1S/C26H45NOS/c1-16-18-8-7-17-19-9-10-21(22(27)15-29-24(2,3)4)26(19,6)13-11-20(17)25(18,5)14-12-23(16)28/h16-22H,7-15,27H2,1-6H3/t16?,17-,18-,19-,20-,21+,22?,25-,26-/m0/s1. The molecule has 0 amide bonds. The second-order valence-electron chi connectivity index (χ2n) is 12.6. The molecule has 4 aliphatic carbocycles. The summed E-state index contributed by atoms with van der Waals surface area (Å²) in [7, 11) is 0. The summed E-state index contributed by atoms with van der Waals surface area (Å²) >= 11 is 2.05. The molecule has 0 aliphatic heterocycles. The van der Waals surface area contributed by atoms with Gasteiger partial charge in [-0.15, -0.1) is 0 Å². The highest BCUT2D eigenvalue weighted by molar-refractivity contribution is 8.00. The first-order valence-corrected chi connectivity index (χ1v) is 13.4. The zero-order valence-corrected chi connectivity index (χ0v) is 20.6. The number of ketones is 1. The Balaban J connectivity index is 1.51. The molecule has 0 aromatic carbocycles. The number of thioether (sulfide) groups is 1. The van der Waals surface area contributed by atoms with Crippen molar-refractivity contribution in [1.82, 2.24) is 0 Å². The first-order chi connectivity index (χ1) is 13.5. The van der Waals surface area contributed by atoms with Crippen molar-refractivity contribution in [3.63, 3.8) is 0 Å². The number of hydrogen-bond donors (Lipinski definition) is 1. The summed E-state index contributed by atoms with van der Waals surface area (Å²) < 4.78 is 0.302. The number of nitrogens with two attached hydrogens (primary N) is 1. The monoisotopic (exact) mass is 419 g/mol. The van der Waals surface area contributed by atoms with Crippen LogP contribution in [-0.2, 0) is 4.79 Å². The second-order valence-corrected chi connectivity index (χ2v) is 14.5. The van der Waals surface area contributed by atoms with Crippen molar-refractivity contribution in [3.05, 3.63) is 0 Å². The Hall–Kier alpha value is -0.0200. The van der Waals surface area contributed by atoms with E-state index in [1.165, 1.54) is 38.5 Å². The van der Waals surface area contributed by atoms with Crippen LogP contribution in [0.5, 0.6) is 0 Å². The number of rotatable bonds is 3. The van der Waals surface area contributed by atoms with Gasteiger partial charge < -0.3 is 5.73 Å². The van der Waals surface area contributed by atoms with Crippen LogP contribution in [0.4, 0.5) is 0 Å². The number of hydrogen-bond acceptors (Lipinski definition) is 3. The number of Topliss-reactive ketones (excluding diaryl/α,β-unsaturated/α-hetero) is 1. The maximum Gasteiger partial charge on any atom is 0.136 e. The van der Waals surface area contributed by atoms with E-state index in [0.29, 0.717) is 45.2 Å². The summed E-state index contributed by atoms with van der Waals surface area (Å²) in [5.74, 6) is 5.85. The predicted molar refractivity (Wildman–Crippen MR) is 125 cm³/mol. The molecule has 4 rings (SSSR count). The Morgan fingerprint density at radius 2 is 1.66 bits per heavy atom. The van der Waals surface area contributed by atoms with Crippen molar-refractivity contribution < 1.29 is 4.79 Å². The van der Waals surface area contributed by atoms with Gasteiger partial charge in [0.1, 0.15) is 5.78 Å². The van der Waals surface area contributed by atoms with Crippen LogP contribution in [0.3, 0.4) is 0 Å².